The zero-order valence-corrected chi connectivity index (χ0v) is 41.6. The molecule has 356 valence electrons. The maximum absolute atomic E-state index is 13.2. The number of nitrogens with one attached hydrogen (secondary N) is 2. The third-order valence-electron chi connectivity index (χ3n) is 12.0. The van der Waals surface area contributed by atoms with Crippen LogP contribution >= 0.6 is 33.9 Å². The fourth-order valence-corrected chi connectivity index (χ4v) is 13.7. The van der Waals surface area contributed by atoms with E-state index in [4.69, 9.17) is 33.9 Å². The van der Waals surface area contributed by atoms with Crippen molar-refractivity contribution in [1.29, 1.82) is 0 Å². The van der Waals surface area contributed by atoms with Gasteiger partial charge in [-0.05, 0) is 96.6 Å². The SMILES string of the molecule is O=S(=O)(Cl)c1cccc2c(Cl)nccc12.O=S(=O)(c1cccc2c(Cl)nccc12)N1CCc2ccccc21.O=c1[nH]ccc2c(S(=O)(=O)N3CCc4ccccc43)cccc12.c1ccc2c(c1)CCN2. The minimum absolute atomic E-state index is 0.0472. The topological polar surface area (TPSA) is 180 Å². The van der Waals surface area contributed by atoms with Gasteiger partial charge in [0.2, 0.25) is 0 Å². The van der Waals surface area contributed by atoms with Gasteiger partial charge in [-0.1, -0.05) is 108 Å². The van der Waals surface area contributed by atoms with Gasteiger partial charge in [0.05, 0.1) is 26.1 Å². The number of hydrogen-bond donors (Lipinski definition) is 2. The van der Waals surface area contributed by atoms with Gasteiger partial charge in [-0.15, -0.1) is 0 Å². The van der Waals surface area contributed by atoms with Gasteiger partial charge in [0.25, 0.3) is 34.7 Å². The molecule has 0 amide bonds. The van der Waals surface area contributed by atoms with E-state index < -0.39 is 29.1 Å². The molecular weight excluding hydrogens is 1010 g/mol. The Labute approximate surface area is 418 Å². The Kier molecular flexibility index (Phi) is 13.9. The fraction of sp³-hybridized carbons (Fsp3) is 0.118. The molecule has 70 heavy (non-hydrogen) atoms. The Balaban J connectivity index is 0.000000122. The van der Waals surface area contributed by atoms with Crippen LogP contribution in [0.4, 0.5) is 17.1 Å². The Hall–Kier alpha value is -6.53. The predicted octanol–water partition coefficient (Wildman–Crippen LogP) is 10.4. The highest BCUT2D eigenvalue weighted by atomic mass is 35.7. The molecule has 6 heterocycles. The number of aromatic amines is 1. The molecule has 3 aromatic heterocycles. The van der Waals surface area contributed by atoms with Crippen LogP contribution in [0, 0.1) is 0 Å². The predicted molar refractivity (Wildman–Crippen MR) is 279 cm³/mol. The lowest BCUT2D eigenvalue weighted by Crippen LogP contribution is -2.29. The summed E-state index contributed by atoms with van der Waals surface area (Å²) < 4.78 is 78.1. The van der Waals surface area contributed by atoms with Crippen molar-refractivity contribution in [3.63, 3.8) is 0 Å². The van der Waals surface area contributed by atoms with Crippen LogP contribution in [0.3, 0.4) is 0 Å². The number of H-pyrrole nitrogens is 1. The van der Waals surface area contributed by atoms with E-state index in [1.165, 1.54) is 50.9 Å². The van der Waals surface area contributed by atoms with Gasteiger partial charge >= 0.3 is 0 Å². The number of para-hydroxylation sites is 3. The maximum atomic E-state index is 13.2. The Morgan fingerprint density at radius 2 is 0.929 bits per heavy atom. The molecule has 0 aliphatic carbocycles. The van der Waals surface area contributed by atoms with Crippen LogP contribution in [0.1, 0.15) is 16.7 Å². The van der Waals surface area contributed by atoms with E-state index in [9.17, 15) is 30.0 Å². The standard InChI is InChI=1S/C17H13ClN2O2S.C17H14N2O3S.C9H5Cl2NO2S.C8H9N/c18-17-14-5-3-7-16(13(14)8-10-19-17)23(21,22)20-11-9-12-4-1-2-6-15(12)20;20-17-14-5-3-7-16(13(14)8-10-18-17)23(21,22)19-11-9-12-4-1-2-6-15(12)19;10-9-7-2-1-3-8(15(11,13)14)6(7)4-5-12-9;1-2-4-8-7(3-1)5-6-9-8/h1-8,10H,9,11H2;1-8,10H,9,11H2,(H,18,20);1-5H;1-4,9H,5-6H2. The second-order valence-electron chi connectivity index (χ2n) is 16.1. The van der Waals surface area contributed by atoms with E-state index >= 15 is 0 Å². The third-order valence-corrected chi connectivity index (χ3v) is 17.8. The number of nitrogens with zero attached hydrogens (tertiary/aromatic N) is 4. The summed E-state index contributed by atoms with van der Waals surface area (Å²) in [4.78, 5) is 22.8. The highest BCUT2D eigenvalue weighted by molar-refractivity contribution is 8.14. The van der Waals surface area contributed by atoms with Gasteiger partial charge in [0, 0.05) is 86.9 Å². The first-order valence-corrected chi connectivity index (χ1v) is 27.7. The van der Waals surface area contributed by atoms with Crippen molar-refractivity contribution in [3.8, 4) is 0 Å². The van der Waals surface area contributed by atoms with Crippen molar-refractivity contribution >= 4 is 112 Å². The number of benzene rings is 6. The van der Waals surface area contributed by atoms with Gasteiger partial charge in [0.1, 0.15) is 10.3 Å². The van der Waals surface area contributed by atoms with Crippen molar-refractivity contribution in [2.45, 2.75) is 33.9 Å². The fourth-order valence-electron chi connectivity index (χ4n) is 8.74. The van der Waals surface area contributed by atoms with E-state index in [-0.39, 0.29) is 25.4 Å². The molecule has 3 aliphatic heterocycles. The second kappa shape index (κ2) is 20.1. The largest absolute Gasteiger partial charge is 0.384 e. The number of aromatic nitrogens is 3. The Morgan fingerprint density at radius 1 is 0.471 bits per heavy atom. The number of hydrogen-bond acceptors (Lipinski definition) is 10. The van der Waals surface area contributed by atoms with Crippen LogP contribution in [0.2, 0.25) is 10.3 Å². The molecule has 0 atom stereocenters. The highest BCUT2D eigenvalue weighted by Gasteiger charge is 2.33. The minimum Gasteiger partial charge on any atom is -0.384 e. The molecule has 3 aliphatic rings. The van der Waals surface area contributed by atoms with Crippen LogP contribution in [-0.2, 0) is 48.4 Å². The monoisotopic (exact) mass is 1050 g/mol. The number of fused-ring (bicyclic) bond motifs is 6. The summed E-state index contributed by atoms with van der Waals surface area (Å²) in [5.74, 6) is 0. The van der Waals surface area contributed by atoms with Crippen molar-refractivity contribution in [2.24, 2.45) is 0 Å². The molecule has 0 bridgehead atoms. The van der Waals surface area contributed by atoms with E-state index in [1.54, 1.807) is 66.7 Å². The first-order valence-electron chi connectivity index (χ1n) is 21.8. The summed E-state index contributed by atoms with van der Waals surface area (Å²) in [7, 11) is -5.83. The molecule has 0 unspecified atom stereocenters. The number of halogens is 3. The lowest BCUT2D eigenvalue weighted by atomic mass is 10.2. The molecule has 6 aromatic carbocycles. The van der Waals surface area contributed by atoms with Crippen molar-refractivity contribution in [1.82, 2.24) is 15.0 Å². The van der Waals surface area contributed by atoms with Crippen LogP contribution in [0.25, 0.3) is 32.3 Å². The summed E-state index contributed by atoms with van der Waals surface area (Å²) in [6.07, 6.45) is 7.05. The van der Waals surface area contributed by atoms with E-state index in [0.717, 1.165) is 29.8 Å². The first kappa shape index (κ1) is 48.5. The van der Waals surface area contributed by atoms with Crippen molar-refractivity contribution < 1.29 is 25.3 Å². The summed E-state index contributed by atoms with van der Waals surface area (Å²) in [6.45, 7) is 1.98. The highest BCUT2D eigenvalue weighted by Crippen LogP contribution is 2.37. The molecular formula is C51H41Cl3N6O7S3. The van der Waals surface area contributed by atoms with Crippen LogP contribution in [-0.4, -0.2) is 59.8 Å². The number of pyridine rings is 3. The first-order chi connectivity index (χ1) is 33.6. The molecule has 0 saturated carbocycles. The number of anilines is 3. The average Bonchev–Trinajstić information content (AvgIpc) is 4.14. The van der Waals surface area contributed by atoms with Crippen LogP contribution in [0.5, 0.6) is 0 Å². The molecule has 0 spiro atoms. The van der Waals surface area contributed by atoms with Gasteiger partial charge in [-0.25, -0.2) is 35.2 Å². The van der Waals surface area contributed by atoms with Crippen molar-refractivity contribution in [2.75, 3.05) is 33.6 Å². The number of rotatable bonds is 5. The second-order valence-corrected chi connectivity index (χ2v) is 23.0. The normalized spacial score (nSPS) is 13.8. The van der Waals surface area contributed by atoms with Gasteiger partial charge in [-0.3, -0.25) is 13.4 Å². The van der Waals surface area contributed by atoms with E-state index in [2.05, 4.69) is 44.5 Å². The minimum atomic E-state index is -3.76. The van der Waals surface area contributed by atoms with E-state index in [0.29, 0.717) is 62.7 Å². The molecule has 19 heteroatoms. The molecule has 0 radical (unpaired) electrons. The molecule has 0 saturated heterocycles. The molecule has 12 rings (SSSR count). The summed E-state index contributed by atoms with van der Waals surface area (Å²) in [6, 6.07) is 43.0. The lowest BCUT2D eigenvalue weighted by molar-refractivity contribution is 0.591. The zero-order valence-electron chi connectivity index (χ0n) is 36.8. The van der Waals surface area contributed by atoms with E-state index in [1.807, 2.05) is 48.5 Å². The quantitative estimate of drug-likeness (QED) is 0.124. The molecule has 9 aromatic rings. The van der Waals surface area contributed by atoms with Crippen molar-refractivity contribution in [3.05, 3.63) is 202 Å². The Bertz CT molecular complexity index is 3860. The average molecular weight is 1050 g/mol. The smallest absolute Gasteiger partial charge is 0.264 e. The van der Waals surface area contributed by atoms with Gasteiger partial charge in [0.15, 0.2) is 0 Å². The van der Waals surface area contributed by atoms with Crippen LogP contribution in [0.15, 0.2) is 184 Å². The molecule has 0 fully saturated rings. The Morgan fingerprint density at radius 3 is 1.46 bits per heavy atom. The van der Waals surface area contributed by atoms with Gasteiger partial charge in [-0.2, -0.15) is 0 Å². The lowest BCUT2D eigenvalue weighted by Gasteiger charge is -2.20. The van der Waals surface area contributed by atoms with Gasteiger partial charge < -0.3 is 10.3 Å². The number of sulfonamides is 2. The molecule has 2 N–H and O–H groups in total. The third kappa shape index (κ3) is 9.67. The maximum Gasteiger partial charge on any atom is 0.264 e. The zero-order chi connectivity index (χ0) is 49.2. The summed E-state index contributed by atoms with van der Waals surface area (Å²) in [5, 5.41) is 6.97. The van der Waals surface area contributed by atoms with Crippen LogP contribution < -0.4 is 19.5 Å². The summed E-state index contributed by atoms with van der Waals surface area (Å²) >= 11 is 11.9. The molecule has 13 nitrogen and oxygen atoms in total. The summed E-state index contributed by atoms with van der Waals surface area (Å²) in [5.41, 5.74) is 6.03.